The smallest absolute Gasteiger partial charge is 0.216 e. The number of Topliss-reactive ketones (excluding diaryl/α,β-unsaturated/α-hetero) is 2. The summed E-state index contributed by atoms with van der Waals surface area (Å²) in [4.78, 5) is 32.5. The van der Waals surface area contributed by atoms with Crippen molar-refractivity contribution in [2.24, 2.45) is 0 Å². The van der Waals surface area contributed by atoms with Gasteiger partial charge in [-0.15, -0.1) is 17.0 Å². The van der Waals surface area contributed by atoms with Crippen LogP contribution in [0.4, 0.5) is 0 Å². The molecule has 35 heavy (non-hydrogen) atoms. The lowest BCUT2D eigenvalue weighted by Gasteiger charge is -2.25. The SMILES string of the molecule is Br.CCc1ccc2c(n1)C(=N)N(CC(=O)c1cc3c(c(C(C)(C)C)c1)OCC(=O)c1cccn1-3)C2. The molecule has 2 aliphatic rings. The predicted molar refractivity (Wildman–Crippen MR) is 140 cm³/mol. The number of amidine groups is 1. The minimum Gasteiger partial charge on any atom is -0.483 e. The number of hydrogen-bond acceptors (Lipinski definition) is 5. The van der Waals surface area contributed by atoms with Crippen molar-refractivity contribution in [2.75, 3.05) is 13.2 Å². The lowest BCUT2D eigenvalue weighted by Crippen LogP contribution is -2.31. The van der Waals surface area contributed by atoms with Gasteiger partial charge in [-0.05, 0) is 42.2 Å². The molecule has 0 atom stereocenters. The lowest BCUT2D eigenvalue weighted by molar-refractivity contribution is 0.0918. The Kier molecular flexibility index (Phi) is 6.44. The van der Waals surface area contributed by atoms with E-state index in [4.69, 9.17) is 10.1 Å². The van der Waals surface area contributed by atoms with Crippen molar-refractivity contribution in [3.8, 4) is 11.4 Å². The standard InChI is InChI=1S/C27H28N4O3.BrH/c1-5-18-9-8-16-13-30(26(28)24(16)29-18)14-22(32)17-11-19(27(2,3)4)25-21(12-17)31-10-6-7-20(31)23(33)15-34-25;/h6-12,28H,5,13-15H2,1-4H3;1H. The van der Waals surface area contributed by atoms with Gasteiger partial charge in [0.05, 0.1) is 17.9 Å². The van der Waals surface area contributed by atoms with Crippen molar-refractivity contribution in [1.29, 1.82) is 5.41 Å². The highest BCUT2D eigenvalue weighted by molar-refractivity contribution is 8.93. The number of fused-ring (bicyclic) bond motifs is 4. The predicted octanol–water partition coefficient (Wildman–Crippen LogP) is 4.91. The number of nitrogens with zero attached hydrogens (tertiary/aromatic N) is 3. The van der Waals surface area contributed by atoms with E-state index in [1.807, 2.05) is 37.4 Å². The third-order valence-electron chi connectivity index (χ3n) is 6.48. The number of hydrogen-bond donors (Lipinski definition) is 1. The van der Waals surface area contributed by atoms with Crippen molar-refractivity contribution in [1.82, 2.24) is 14.5 Å². The van der Waals surface area contributed by atoms with Gasteiger partial charge in [-0.2, -0.15) is 0 Å². The largest absolute Gasteiger partial charge is 0.483 e. The van der Waals surface area contributed by atoms with Gasteiger partial charge in [-0.25, -0.2) is 4.98 Å². The van der Waals surface area contributed by atoms with E-state index in [1.165, 1.54) is 0 Å². The van der Waals surface area contributed by atoms with Gasteiger partial charge in [0.25, 0.3) is 0 Å². The van der Waals surface area contributed by atoms with Crippen molar-refractivity contribution in [3.63, 3.8) is 0 Å². The first-order valence-electron chi connectivity index (χ1n) is 11.6. The maximum absolute atomic E-state index is 13.5. The van der Waals surface area contributed by atoms with Crippen molar-refractivity contribution < 1.29 is 14.3 Å². The molecule has 0 saturated carbocycles. The molecule has 8 heteroatoms. The topological polar surface area (TPSA) is 88.3 Å². The molecule has 0 unspecified atom stereocenters. The minimum atomic E-state index is -0.307. The Morgan fingerprint density at radius 2 is 1.97 bits per heavy atom. The molecule has 7 nitrogen and oxygen atoms in total. The number of rotatable bonds is 4. The Morgan fingerprint density at radius 1 is 1.20 bits per heavy atom. The summed E-state index contributed by atoms with van der Waals surface area (Å²) >= 11 is 0. The molecule has 5 rings (SSSR count). The monoisotopic (exact) mass is 536 g/mol. The van der Waals surface area contributed by atoms with E-state index >= 15 is 0 Å². The molecule has 1 N–H and O–H groups in total. The fourth-order valence-electron chi connectivity index (χ4n) is 4.58. The number of aromatic nitrogens is 2. The van der Waals surface area contributed by atoms with Gasteiger partial charge < -0.3 is 14.2 Å². The summed E-state index contributed by atoms with van der Waals surface area (Å²) in [5, 5.41) is 8.58. The first-order valence-corrected chi connectivity index (χ1v) is 11.6. The zero-order chi connectivity index (χ0) is 24.2. The normalized spacial score (nSPS) is 14.5. The molecule has 4 heterocycles. The van der Waals surface area contributed by atoms with Gasteiger partial charge in [0.15, 0.2) is 12.4 Å². The third kappa shape index (κ3) is 4.31. The van der Waals surface area contributed by atoms with Crippen molar-refractivity contribution >= 4 is 34.4 Å². The van der Waals surface area contributed by atoms with Gasteiger partial charge in [0.1, 0.15) is 17.3 Å². The second kappa shape index (κ2) is 9.07. The molecule has 182 valence electrons. The number of halogens is 1. The molecule has 3 aromatic rings. The van der Waals surface area contributed by atoms with Crippen LogP contribution in [-0.4, -0.2) is 45.0 Å². The summed E-state index contributed by atoms with van der Waals surface area (Å²) < 4.78 is 7.78. The number of ether oxygens (including phenoxy) is 1. The summed E-state index contributed by atoms with van der Waals surface area (Å²) in [7, 11) is 0. The van der Waals surface area contributed by atoms with Crippen LogP contribution in [0.15, 0.2) is 42.6 Å². The molecule has 0 saturated heterocycles. The van der Waals surface area contributed by atoms with Gasteiger partial charge >= 0.3 is 0 Å². The third-order valence-corrected chi connectivity index (χ3v) is 6.48. The Hall–Kier alpha value is -3.26. The van der Waals surface area contributed by atoms with Crippen LogP contribution in [0.5, 0.6) is 5.75 Å². The van der Waals surface area contributed by atoms with E-state index in [9.17, 15) is 9.59 Å². The van der Waals surface area contributed by atoms with Gasteiger partial charge in [0, 0.05) is 35.1 Å². The Labute approximate surface area is 215 Å². The highest BCUT2D eigenvalue weighted by Gasteiger charge is 2.31. The van der Waals surface area contributed by atoms with E-state index in [-0.39, 0.29) is 53.0 Å². The molecular weight excluding hydrogens is 508 g/mol. The number of aryl methyl sites for hydroxylation is 1. The van der Waals surface area contributed by atoms with Crippen LogP contribution < -0.4 is 4.74 Å². The van der Waals surface area contributed by atoms with Gasteiger partial charge in [-0.1, -0.05) is 33.8 Å². The van der Waals surface area contributed by atoms with Crippen LogP contribution in [0.25, 0.3) is 5.69 Å². The summed E-state index contributed by atoms with van der Waals surface area (Å²) in [5.41, 5.74) is 4.90. The average Bonchev–Trinajstić information content (AvgIpc) is 3.38. The van der Waals surface area contributed by atoms with E-state index in [0.29, 0.717) is 34.9 Å². The zero-order valence-corrected chi connectivity index (χ0v) is 22.1. The van der Waals surface area contributed by atoms with E-state index in [1.54, 1.807) is 21.6 Å². The molecule has 2 aliphatic heterocycles. The molecule has 1 aromatic carbocycles. The Morgan fingerprint density at radius 3 is 2.69 bits per heavy atom. The van der Waals surface area contributed by atoms with Crippen LogP contribution in [-0.2, 0) is 18.4 Å². The molecule has 2 aromatic heterocycles. The van der Waals surface area contributed by atoms with Crippen LogP contribution in [0.3, 0.4) is 0 Å². The summed E-state index contributed by atoms with van der Waals surface area (Å²) in [6, 6.07) is 11.3. The molecule has 0 bridgehead atoms. The number of ketones is 2. The highest BCUT2D eigenvalue weighted by Crippen LogP contribution is 2.39. The fourth-order valence-corrected chi connectivity index (χ4v) is 4.58. The van der Waals surface area contributed by atoms with Crippen molar-refractivity contribution in [3.05, 3.63) is 76.4 Å². The summed E-state index contributed by atoms with van der Waals surface area (Å²) in [6.07, 6.45) is 2.63. The number of carbonyl (C=O) groups excluding carboxylic acids is 2. The first-order chi connectivity index (χ1) is 16.2. The maximum Gasteiger partial charge on any atom is 0.216 e. The number of benzene rings is 1. The molecular formula is C27H29BrN4O3. The molecule has 0 amide bonds. The minimum absolute atomic E-state index is 0. The quantitative estimate of drug-likeness (QED) is 0.478. The molecule has 0 radical (unpaired) electrons. The number of pyridine rings is 1. The molecule has 0 spiro atoms. The average molecular weight is 537 g/mol. The van der Waals surface area contributed by atoms with E-state index in [0.717, 1.165) is 23.2 Å². The fraction of sp³-hybridized carbons (Fsp3) is 0.333. The Balaban J connectivity index is 0.00000289. The highest BCUT2D eigenvalue weighted by atomic mass is 79.9. The van der Waals surface area contributed by atoms with Gasteiger partial charge in [-0.3, -0.25) is 15.0 Å². The first kappa shape index (κ1) is 24.9. The Bertz CT molecular complexity index is 1350. The summed E-state index contributed by atoms with van der Waals surface area (Å²) in [6.45, 7) is 8.76. The van der Waals surface area contributed by atoms with E-state index < -0.39 is 0 Å². The second-order valence-electron chi connectivity index (χ2n) is 9.89. The number of nitrogens with one attached hydrogen (secondary N) is 1. The van der Waals surface area contributed by atoms with Crippen LogP contribution >= 0.6 is 17.0 Å². The maximum atomic E-state index is 13.5. The van der Waals surface area contributed by atoms with Crippen LogP contribution in [0.1, 0.15) is 71.1 Å². The zero-order valence-electron chi connectivity index (χ0n) is 20.3. The lowest BCUT2D eigenvalue weighted by atomic mass is 9.84. The number of carbonyl (C=O) groups is 2. The van der Waals surface area contributed by atoms with Crippen LogP contribution in [0.2, 0.25) is 0 Å². The molecule has 0 fully saturated rings. The second-order valence-corrected chi connectivity index (χ2v) is 9.89. The molecule has 0 aliphatic carbocycles. The summed E-state index contributed by atoms with van der Waals surface area (Å²) in [5.74, 6) is 0.720. The van der Waals surface area contributed by atoms with E-state index in [2.05, 4.69) is 25.8 Å². The van der Waals surface area contributed by atoms with Crippen molar-refractivity contribution in [2.45, 2.75) is 46.1 Å². The van der Waals surface area contributed by atoms with Gasteiger partial charge in [0.2, 0.25) is 5.78 Å². The van der Waals surface area contributed by atoms with Crippen LogP contribution in [0, 0.1) is 5.41 Å².